The summed E-state index contributed by atoms with van der Waals surface area (Å²) >= 11 is 0. The molecule has 146 valence electrons. The van der Waals surface area contributed by atoms with Gasteiger partial charge in [0.05, 0.1) is 18.6 Å². The van der Waals surface area contributed by atoms with Crippen LogP contribution in [-0.2, 0) is 13.0 Å². The molecule has 1 aliphatic rings. The number of hydrogen-bond donors (Lipinski definition) is 0. The van der Waals surface area contributed by atoms with Crippen LogP contribution in [0.5, 0.6) is 5.75 Å². The Morgan fingerprint density at radius 3 is 2.70 bits per heavy atom. The highest BCUT2D eigenvalue weighted by atomic mass is 16.6. The van der Waals surface area contributed by atoms with Crippen LogP contribution in [0, 0.1) is 10.1 Å². The van der Waals surface area contributed by atoms with Crippen molar-refractivity contribution in [2.45, 2.75) is 19.4 Å². The van der Waals surface area contributed by atoms with Gasteiger partial charge in [-0.25, -0.2) is 0 Å². The number of rotatable bonds is 8. The van der Waals surface area contributed by atoms with Crippen molar-refractivity contribution in [1.82, 2.24) is 19.6 Å². The quantitative estimate of drug-likeness (QED) is 0.521. The minimum absolute atomic E-state index is 0.00250. The van der Waals surface area contributed by atoms with Crippen LogP contribution in [-0.4, -0.2) is 71.4 Å². The molecule has 1 fully saturated rings. The van der Waals surface area contributed by atoms with Gasteiger partial charge in [0.25, 0.3) is 0 Å². The number of methoxy groups -OCH3 is 1. The largest absolute Gasteiger partial charge is 0.496 e. The molecule has 0 unspecified atom stereocenters. The molecule has 0 atom stereocenters. The number of benzene rings is 1. The molecule has 3 rings (SSSR count). The van der Waals surface area contributed by atoms with Gasteiger partial charge in [0, 0.05) is 31.7 Å². The highest BCUT2D eigenvalue weighted by Crippen LogP contribution is 2.22. The van der Waals surface area contributed by atoms with Crippen LogP contribution in [0.4, 0.5) is 5.69 Å². The molecule has 1 aromatic carbocycles. The molecule has 1 aliphatic heterocycles. The topological polar surface area (TPSA) is 76.7 Å². The zero-order valence-electron chi connectivity index (χ0n) is 16.0. The summed E-state index contributed by atoms with van der Waals surface area (Å²) in [5.41, 5.74) is 2.23. The van der Waals surface area contributed by atoms with Crippen LogP contribution in [0.3, 0.4) is 0 Å². The van der Waals surface area contributed by atoms with E-state index in [1.54, 1.807) is 11.8 Å². The van der Waals surface area contributed by atoms with E-state index in [9.17, 15) is 10.1 Å². The number of nitro groups is 1. The molecule has 0 spiro atoms. The average molecular weight is 373 g/mol. The number of aromatic nitrogens is 2. The highest BCUT2D eigenvalue weighted by Gasteiger charge is 2.14. The van der Waals surface area contributed by atoms with E-state index in [1.165, 1.54) is 18.0 Å². The molecule has 0 aliphatic carbocycles. The standard InChI is InChI=1S/C19H27N5O3/c1-21-8-10-22(11-9-21)7-3-4-16-5-6-19(27-2)17(12-16)14-23-15-18(13-20-23)24(25)26/h5-6,12-13,15H,3-4,7-11,14H2,1-2H3. The zero-order valence-corrected chi connectivity index (χ0v) is 16.0. The van der Waals surface area contributed by atoms with E-state index >= 15 is 0 Å². The predicted molar refractivity (Wildman–Crippen MR) is 103 cm³/mol. The fourth-order valence-electron chi connectivity index (χ4n) is 3.40. The first-order valence-electron chi connectivity index (χ1n) is 9.28. The van der Waals surface area contributed by atoms with E-state index in [-0.39, 0.29) is 5.69 Å². The Kier molecular flexibility index (Phi) is 6.41. The summed E-state index contributed by atoms with van der Waals surface area (Å²) in [5, 5.41) is 14.9. The first kappa shape index (κ1) is 19.3. The van der Waals surface area contributed by atoms with E-state index in [0.29, 0.717) is 6.54 Å². The molecule has 0 radical (unpaired) electrons. The molecule has 0 amide bonds. The Bertz CT molecular complexity index is 768. The number of ether oxygens (including phenoxy) is 1. The van der Waals surface area contributed by atoms with Crippen molar-refractivity contribution in [3.05, 3.63) is 51.8 Å². The Morgan fingerprint density at radius 1 is 1.26 bits per heavy atom. The third kappa shape index (κ3) is 5.27. The lowest BCUT2D eigenvalue weighted by Gasteiger charge is -2.32. The fourth-order valence-corrected chi connectivity index (χ4v) is 3.40. The van der Waals surface area contributed by atoms with Gasteiger partial charge in [0.15, 0.2) is 0 Å². The second-order valence-electron chi connectivity index (χ2n) is 7.05. The summed E-state index contributed by atoms with van der Waals surface area (Å²) in [5.74, 6) is 0.774. The normalized spacial score (nSPS) is 15.8. The SMILES string of the molecule is COc1ccc(CCCN2CCN(C)CC2)cc1Cn1cc([N+](=O)[O-])cn1. The van der Waals surface area contributed by atoms with Crippen molar-refractivity contribution < 1.29 is 9.66 Å². The van der Waals surface area contributed by atoms with Crippen LogP contribution in [0.1, 0.15) is 17.5 Å². The summed E-state index contributed by atoms with van der Waals surface area (Å²) in [4.78, 5) is 15.3. The summed E-state index contributed by atoms with van der Waals surface area (Å²) in [7, 11) is 3.81. The van der Waals surface area contributed by atoms with Crippen LogP contribution < -0.4 is 4.74 Å². The summed E-state index contributed by atoms with van der Waals surface area (Å²) in [6.07, 6.45) is 4.83. The van der Waals surface area contributed by atoms with Crippen molar-refractivity contribution in [1.29, 1.82) is 0 Å². The molecule has 27 heavy (non-hydrogen) atoms. The van der Waals surface area contributed by atoms with Gasteiger partial charge < -0.3 is 14.5 Å². The fraction of sp³-hybridized carbons (Fsp3) is 0.526. The predicted octanol–water partition coefficient (Wildman–Crippen LogP) is 2.03. The van der Waals surface area contributed by atoms with Crippen LogP contribution in [0.25, 0.3) is 0 Å². The minimum atomic E-state index is -0.435. The highest BCUT2D eigenvalue weighted by molar-refractivity contribution is 5.38. The van der Waals surface area contributed by atoms with Gasteiger partial charge in [-0.1, -0.05) is 12.1 Å². The van der Waals surface area contributed by atoms with E-state index < -0.39 is 4.92 Å². The Labute approximate surface area is 159 Å². The van der Waals surface area contributed by atoms with E-state index in [2.05, 4.69) is 34.1 Å². The first-order valence-corrected chi connectivity index (χ1v) is 9.28. The van der Waals surface area contributed by atoms with Crippen LogP contribution in [0.15, 0.2) is 30.6 Å². The maximum Gasteiger partial charge on any atom is 0.307 e. The molecule has 2 heterocycles. The lowest BCUT2D eigenvalue weighted by Crippen LogP contribution is -2.44. The van der Waals surface area contributed by atoms with Crippen molar-refractivity contribution in [3.8, 4) is 5.75 Å². The molecule has 0 N–H and O–H groups in total. The lowest BCUT2D eigenvalue weighted by molar-refractivity contribution is -0.385. The zero-order chi connectivity index (χ0) is 19.2. The number of likely N-dealkylation sites (N-methyl/N-ethyl adjacent to an activating group) is 1. The summed E-state index contributed by atoms with van der Waals surface area (Å²) in [6.45, 7) is 6.13. The van der Waals surface area contributed by atoms with Crippen molar-refractivity contribution in [2.75, 3.05) is 46.9 Å². The Balaban J connectivity index is 1.59. The molecule has 0 saturated carbocycles. The van der Waals surface area contributed by atoms with Gasteiger partial charge in [-0.3, -0.25) is 14.8 Å². The number of hydrogen-bond acceptors (Lipinski definition) is 6. The molecule has 0 bridgehead atoms. The Morgan fingerprint density at radius 2 is 2.04 bits per heavy atom. The lowest BCUT2D eigenvalue weighted by atomic mass is 10.0. The van der Waals surface area contributed by atoms with E-state index in [4.69, 9.17) is 4.74 Å². The molecule has 1 saturated heterocycles. The van der Waals surface area contributed by atoms with E-state index in [0.717, 1.165) is 56.9 Å². The van der Waals surface area contributed by atoms with Crippen molar-refractivity contribution in [2.24, 2.45) is 0 Å². The third-order valence-corrected chi connectivity index (χ3v) is 5.04. The molecule has 8 heteroatoms. The second kappa shape index (κ2) is 8.96. The van der Waals surface area contributed by atoms with Crippen LogP contribution in [0.2, 0.25) is 0 Å². The first-order chi connectivity index (χ1) is 13.0. The van der Waals surface area contributed by atoms with Crippen LogP contribution >= 0.6 is 0 Å². The second-order valence-corrected chi connectivity index (χ2v) is 7.05. The molecule has 1 aromatic heterocycles. The maximum atomic E-state index is 10.8. The number of piperazine rings is 1. The van der Waals surface area contributed by atoms with Gasteiger partial charge in [-0.15, -0.1) is 0 Å². The molecule has 2 aromatic rings. The smallest absolute Gasteiger partial charge is 0.307 e. The van der Waals surface area contributed by atoms with Gasteiger partial charge in [0.2, 0.25) is 0 Å². The average Bonchev–Trinajstić information content (AvgIpc) is 3.12. The van der Waals surface area contributed by atoms with Crippen molar-refractivity contribution in [3.63, 3.8) is 0 Å². The monoisotopic (exact) mass is 373 g/mol. The molecule has 8 nitrogen and oxygen atoms in total. The Hall–Kier alpha value is -2.45. The maximum absolute atomic E-state index is 10.8. The summed E-state index contributed by atoms with van der Waals surface area (Å²) in [6, 6.07) is 6.19. The third-order valence-electron chi connectivity index (χ3n) is 5.04. The molecular formula is C19H27N5O3. The van der Waals surface area contributed by atoms with E-state index in [1.807, 2.05) is 6.07 Å². The van der Waals surface area contributed by atoms with Gasteiger partial charge in [0.1, 0.15) is 18.1 Å². The molecular weight excluding hydrogens is 346 g/mol. The summed E-state index contributed by atoms with van der Waals surface area (Å²) < 4.78 is 7.02. The van der Waals surface area contributed by atoms with Gasteiger partial charge in [-0.2, -0.15) is 5.10 Å². The van der Waals surface area contributed by atoms with Gasteiger partial charge in [-0.05, 0) is 38.1 Å². The number of aryl methyl sites for hydroxylation is 1. The minimum Gasteiger partial charge on any atom is -0.496 e. The van der Waals surface area contributed by atoms with Gasteiger partial charge >= 0.3 is 5.69 Å². The number of nitrogens with zero attached hydrogens (tertiary/aromatic N) is 5. The van der Waals surface area contributed by atoms with Crippen molar-refractivity contribution >= 4 is 5.69 Å².